The molecule has 2 nitrogen and oxygen atoms in total. The molecule has 0 spiro atoms. The molecule has 1 fully saturated rings. The zero-order valence-electron chi connectivity index (χ0n) is 11.5. The van der Waals surface area contributed by atoms with Crippen LogP contribution in [0.25, 0.3) is 0 Å². The predicted octanol–water partition coefficient (Wildman–Crippen LogP) is 3.48. The van der Waals surface area contributed by atoms with E-state index in [1.54, 1.807) is 0 Å². The van der Waals surface area contributed by atoms with Gasteiger partial charge < -0.3 is 10.6 Å². The molecule has 0 unspecified atom stereocenters. The molecule has 0 aliphatic heterocycles. The summed E-state index contributed by atoms with van der Waals surface area (Å²) in [4.78, 5) is 3.92. The van der Waals surface area contributed by atoms with E-state index in [1.807, 2.05) is 11.3 Å². The number of nitrogens with two attached hydrogens (primary N) is 1. The zero-order chi connectivity index (χ0) is 12.8. The summed E-state index contributed by atoms with van der Waals surface area (Å²) in [7, 11) is 2.24. The van der Waals surface area contributed by atoms with E-state index in [0.717, 1.165) is 19.6 Å². The molecular formula is C15H26N2S. The van der Waals surface area contributed by atoms with E-state index in [1.165, 1.54) is 43.4 Å². The maximum absolute atomic E-state index is 6.11. The van der Waals surface area contributed by atoms with Gasteiger partial charge in [0.25, 0.3) is 0 Å². The van der Waals surface area contributed by atoms with Crippen LogP contribution in [0.1, 0.15) is 43.4 Å². The van der Waals surface area contributed by atoms with Crippen molar-refractivity contribution in [2.75, 3.05) is 20.1 Å². The molecule has 1 heterocycles. The lowest BCUT2D eigenvalue weighted by Gasteiger charge is -2.35. The third kappa shape index (κ3) is 3.81. The largest absolute Gasteiger partial charge is 0.330 e. The minimum absolute atomic E-state index is 0.377. The third-order valence-electron chi connectivity index (χ3n) is 4.21. The van der Waals surface area contributed by atoms with Gasteiger partial charge in [0, 0.05) is 18.0 Å². The van der Waals surface area contributed by atoms with Crippen molar-refractivity contribution >= 4 is 11.3 Å². The minimum Gasteiger partial charge on any atom is -0.330 e. The van der Waals surface area contributed by atoms with Crippen LogP contribution in [0.5, 0.6) is 0 Å². The van der Waals surface area contributed by atoms with Crippen LogP contribution < -0.4 is 5.73 Å². The van der Waals surface area contributed by atoms with Crippen LogP contribution in [0.15, 0.2) is 17.5 Å². The van der Waals surface area contributed by atoms with Crippen molar-refractivity contribution in [1.82, 2.24) is 4.90 Å². The second kappa shape index (κ2) is 6.69. The van der Waals surface area contributed by atoms with Gasteiger partial charge >= 0.3 is 0 Å². The SMILES string of the molecule is CN(Cc1cccs1)CC1(CN)CCCCCC1. The van der Waals surface area contributed by atoms with E-state index in [0.29, 0.717) is 5.41 Å². The molecule has 0 amide bonds. The van der Waals surface area contributed by atoms with Crippen LogP contribution in [-0.4, -0.2) is 25.0 Å². The first-order chi connectivity index (χ1) is 8.74. The molecular weight excluding hydrogens is 240 g/mol. The van der Waals surface area contributed by atoms with Crippen LogP contribution >= 0.6 is 11.3 Å². The fourth-order valence-electron chi connectivity index (χ4n) is 3.20. The molecule has 2 rings (SSSR count). The summed E-state index contributed by atoms with van der Waals surface area (Å²) in [5, 5.41) is 2.16. The highest BCUT2D eigenvalue weighted by Gasteiger charge is 2.30. The van der Waals surface area contributed by atoms with Crippen LogP contribution in [0.4, 0.5) is 0 Å². The summed E-state index contributed by atoms with van der Waals surface area (Å²) in [5.41, 5.74) is 6.48. The molecule has 18 heavy (non-hydrogen) atoms. The number of hydrogen-bond acceptors (Lipinski definition) is 3. The van der Waals surface area contributed by atoms with Gasteiger partial charge in [0.2, 0.25) is 0 Å². The normalized spacial score (nSPS) is 19.9. The molecule has 0 saturated heterocycles. The molecule has 1 aliphatic carbocycles. The summed E-state index contributed by atoms with van der Waals surface area (Å²) in [5.74, 6) is 0. The highest BCUT2D eigenvalue weighted by Crippen LogP contribution is 2.35. The van der Waals surface area contributed by atoms with Crippen LogP contribution in [0.2, 0.25) is 0 Å². The van der Waals surface area contributed by atoms with Crippen molar-refractivity contribution in [1.29, 1.82) is 0 Å². The molecule has 1 aromatic rings. The molecule has 102 valence electrons. The van der Waals surface area contributed by atoms with Gasteiger partial charge in [-0.2, -0.15) is 0 Å². The first kappa shape index (κ1) is 14.0. The minimum atomic E-state index is 0.377. The average molecular weight is 266 g/mol. The van der Waals surface area contributed by atoms with Gasteiger partial charge in [0.05, 0.1) is 0 Å². The van der Waals surface area contributed by atoms with Crippen molar-refractivity contribution in [3.05, 3.63) is 22.4 Å². The smallest absolute Gasteiger partial charge is 0.0325 e. The van der Waals surface area contributed by atoms with E-state index in [2.05, 4.69) is 29.5 Å². The highest BCUT2D eigenvalue weighted by atomic mass is 32.1. The van der Waals surface area contributed by atoms with Gasteiger partial charge in [0.15, 0.2) is 0 Å². The van der Waals surface area contributed by atoms with E-state index >= 15 is 0 Å². The fraction of sp³-hybridized carbons (Fsp3) is 0.733. The second-order valence-corrected chi connectivity index (χ2v) is 6.90. The maximum Gasteiger partial charge on any atom is 0.0325 e. The van der Waals surface area contributed by atoms with E-state index in [9.17, 15) is 0 Å². The highest BCUT2D eigenvalue weighted by molar-refractivity contribution is 7.09. The van der Waals surface area contributed by atoms with Crippen molar-refractivity contribution in [3.8, 4) is 0 Å². The van der Waals surface area contributed by atoms with Crippen molar-refractivity contribution in [3.63, 3.8) is 0 Å². The molecule has 0 aromatic carbocycles. The van der Waals surface area contributed by atoms with Gasteiger partial charge in [-0.05, 0) is 43.3 Å². The molecule has 0 atom stereocenters. The Kier molecular flexibility index (Phi) is 5.22. The number of nitrogens with zero attached hydrogens (tertiary/aromatic N) is 1. The fourth-order valence-corrected chi connectivity index (χ4v) is 3.99. The maximum atomic E-state index is 6.11. The third-order valence-corrected chi connectivity index (χ3v) is 5.07. The van der Waals surface area contributed by atoms with Crippen LogP contribution in [0.3, 0.4) is 0 Å². The Balaban J connectivity index is 1.91. The van der Waals surface area contributed by atoms with Gasteiger partial charge in [0.1, 0.15) is 0 Å². The Hall–Kier alpha value is -0.380. The summed E-state index contributed by atoms with van der Waals surface area (Å²) in [6.07, 6.45) is 8.16. The van der Waals surface area contributed by atoms with Crippen LogP contribution in [-0.2, 0) is 6.54 Å². The Morgan fingerprint density at radius 3 is 2.56 bits per heavy atom. The summed E-state index contributed by atoms with van der Waals surface area (Å²) < 4.78 is 0. The summed E-state index contributed by atoms with van der Waals surface area (Å²) in [6.45, 7) is 3.07. The lowest BCUT2D eigenvalue weighted by molar-refractivity contribution is 0.154. The number of hydrogen-bond donors (Lipinski definition) is 1. The van der Waals surface area contributed by atoms with Crippen LogP contribution in [0, 0.1) is 5.41 Å². The van der Waals surface area contributed by atoms with Gasteiger partial charge in [-0.3, -0.25) is 0 Å². The predicted molar refractivity (Wildman–Crippen MR) is 79.8 cm³/mol. The molecule has 1 aromatic heterocycles. The molecule has 0 radical (unpaired) electrons. The molecule has 1 aliphatic rings. The first-order valence-electron chi connectivity index (χ1n) is 7.15. The van der Waals surface area contributed by atoms with Gasteiger partial charge in [-0.1, -0.05) is 31.7 Å². The van der Waals surface area contributed by atoms with Gasteiger partial charge in [-0.25, -0.2) is 0 Å². The van der Waals surface area contributed by atoms with Crippen molar-refractivity contribution in [2.45, 2.75) is 45.1 Å². The number of thiophene rings is 1. The monoisotopic (exact) mass is 266 g/mol. The Morgan fingerprint density at radius 2 is 2.00 bits per heavy atom. The Morgan fingerprint density at radius 1 is 1.28 bits per heavy atom. The molecule has 2 N–H and O–H groups in total. The number of rotatable bonds is 5. The Labute approximate surface area is 115 Å². The zero-order valence-corrected chi connectivity index (χ0v) is 12.3. The average Bonchev–Trinajstić information content (AvgIpc) is 2.74. The van der Waals surface area contributed by atoms with Crippen molar-refractivity contribution < 1.29 is 0 Å². The standard InChI is InChI=1S/C15H26N2S/c1-17(11-14-7-6-10-18-14)13-15(12-16)8-4-2-3-5-9-15/h6-7,10H,2-5,8-9,11-13,16H2,1H3. The van der Waals surface area contributed by atoms with Crippen molar-refractivity contribution in [2.24, 2.45) is 11.1 Å². The Bertz CT molecular complexity index is 326. The first-order valence-corrected chi connectivity index (χ1v) is 8.03. The lowest BCUT2D eigenvalue weighted by atomic mass is 9.80. The summed E-state index contributed by atoms with van der Waals surface area (Å²) in [6, 6.07) is 4.36. The van der Waals surface area contributed by atoms with E-state index in [-0.39, 0.29) is 0 Å². The molecule has 3 heteroatoms. The molecule has 1 saturated carbocycles. The second-order valence-electron chi connectivity index (χ2n) is 5.87. The van der Waals surface area contributed by atoms with E-state index in [4.69, 9.17) is 5.73 Å². The topological polar surface area (TPSA) is 29.3 Å². The lowest BCUT2D eigenvalue weighted by Crippen LogP contribution is -2.40. The van der Waals surface area contributed by atoms with E-state index < -0.39 is 0 Å². The van der Waals surface area contributed by atoms with Gasteiger partial charge in [-0.15, -0.1) is 11.3 Å². The summed E-state index contributed by atoms with van der Waals surface area (Å²) >= 11 is 1.85. The quantitative estimate of drug-likeness (QED) is 0.827. The molecule has 0 bridgehead atoms.